The predicted octanol–water partition coefficient (Wildman–Crippen LogP) is 4.94. The monoisotopic (exact) mass is 379 g/mol. The number of aromatic amines is 1. The molecule has 4 nitrogen and oxygen atoms in total. The van der Waals surface area contributed by atoms with Crippen molar-refractivity contribution in [1.29, 1.82) is 0 Å². The van der Waals surface area contributed by atoms with E-state index in [1.807, 2.05) is 29.2 Å². The Morgan fingerprint density at radius 1 is 1.22 bits per heavy atom. The van der Waals surface area contributed by atoms with Crippen LogP contribution in [-0.4, -0.2) is 33.9 Å². The molecule has 27 heavy (non-hydrogen) atoms. The quantitative estimate of drug-likeness (QED) is 0.655. The zero-order chi connectivity index (χ0) is 18.8. The number of piperidine rings is 1. The second-order valence-corrected chi connectivity index (χ2v) is 7.50. The van der Waals surface area contributed by atoms with E-state index in [1.54, 1.807) is 12.2 Å². The number of hydrogen-bond acceptors (Lipinski definition) is 2. The Balaban J connectivity index is 1.39. The van der Waals surface area contributed by atoms with Crippen molar-refractivity contribution in [1.82, 2.24) is 14.9 Å². The van der Waals surface area contributed by atoms with Gasteiger partial charge in [0.1, 0.15) is 5.82 Å². The van der Waals surface area contributed by atoms with Gasteiger partial charge in [0.2, 0.25) is 5.91 Å². The number of fused-ring (bicyclic) bond motifs is 1. The van der Waals surface area contributed by atoms with Crippen molar-refractivity contribution in [2.75, 3.05) is 13.1 Å². The van der Waals surface area contributed by atoms with Crippen LogP contribution in [0.25, 0.3) is 17.1 Å². The van der Waals surface area contributed by atoms with Crippen LogP contribution in [0.1, 0.15) is 35.7 Å². The van der Waals surface area contributed by atoms with Crippen LogP contribution in [0.4, 0.5) is 0 Å². The van der Waals surface area contributed by atoms with E-state index in [0.29, 0.717) is 10.9 Å². The first-order valence-electron chi connectivity index (χ1n) is 9.28. The highest BCUT2D eigenvalue weighted by Crippen LogP contribution is 2.28. The molecule has 0 saturated carbocycles. The molecule has 138 valence electrons. The van der Waals surface area contributed by atoms with Crippen LogP contribution in [0, 0.1) is 6.92 Å². The molecule has 1 saturated heterocycles. The van der Waals surface area contributed by atoms with Crippen LogP contribution in [0.2, 0.25) is 5.02 Å². The molecule has 1 aliphatic heterocycles. The van der Waals surface area contributed by atoms with Crippen molar-refractivity contribution >= 4 is 34.6 Å². The maximum atomic E-state index is 12.5. The zero-order valence-electron chi connectivity index (χ0n) is 15.3. The topological polar surface area (TPSA) is 49.0 Å². The smallest absolute Gasteiger partial charge is 0.246 e. The van der Waals surface area contributed by atoms with Gasteiger partial charge in [0, 0.05) is 30.1 Å². The molecule has 0 spiro atoms. The van der Waals surface area contributed by atoms with Crippen LogP contribution >= 0.6 is 11.6 Å². The van der Waals surface area contributed by atoms with E-state index < -0.39 is 0 Å². The van der Waals surface area contributed by atoms with E-state index >= 15 is 0 Å². The lowest BCUT2D eigenvalue weighted by molar-refractivity contribution is -0.127. The van der Waals surface area contributed by atoms with Crippen LogP contribution in [-0.2, 0) is 4.79 Å². The summed E-state index contributed by atoms with van der Waals surface area (Å²) in [5.41, 5.74) is 4.19. The molecule has 5 heteroatoms. The van der Waals surface area contributed by atoms with Gasteiger partial charge in [-0.3, -0.25) is 4.79 Å². The Bertz CT molecular complexity index is 1000. The molecule has 2 heterocycles. The largest absolute Gasteiger partial charge is 0.342 e. The van der Waals surface area contributed by atoms with Crippen LogP contribution in [0.15, 0.2) is 48.5 Å². The minimum absolute atomic E-state index is 0.0357. The molecular weight excluding hydrogens is 358 g/mol. The zero-order valence-corrected chi connectivity index (χ0v) is 16.0. The van der Waals surface area contributed by atoms with E-state index in [2.05, 4.69) is 30.1 Å². The third kappa shape index (κ3) is 3.91. The second-order valence-electron chi connectivity index (χ2n) is 7.10. The number of halogens is 1. The van der Waals surface area contributed by atoms with E-state index in [0.717, 1.165) is 48.4 Å². The Morgan fingerprint density at radius 3 is 2.78 bits per heavy atom. The average Bonchev–Trinajstić information content (AvgIpc) is 3.10. The number of hydrogen-bond donors (Lipinski definition) is 1. The van der Waals surface area contributed by atoms with Crippen molar-refractivity contribution in [3.63, 3.8) is 0 Å². The summed E-state index contributed by atoms with van der Waals surface area (Å²) in [6, 6.07) is 13.8. The first-order chi connectivity index (χ1) is 13.1. The first-order valence-corrected chi connectivity index (χ1v) is 9.66. The number of imidazole rings is 1. The standard InChI is InChI=1S/C22H22ClN3O/c1-15-6-8-19-20(14-15)25-22(24-19)17-10-12-26(13-11-17)21(27)9-7-16-4-2-3-5-18(16)23/h2-9,14,17H,10-13H2,1H3,(H,24,25)/b9-7+. The Morgan fingerprint density at radius 2 is 2.00 bits per heavy atom. The summed E-state index contributed by atoms with van der Waals surface area (Å²) < 4.78 is 0. The van der Waals surface area contributed by atoms with Crippen molar-refractivity contribution in [2.24, 2.45) is 0 Å². The minimum atomic E-state index is 0.0357. The molecule has 2 aromatic carbocycles. The number of likely N-dealkylation sites (tertiary alicyclic amines) is 1. The third-order valence-corrected chi connectivity index (χ3v) is 5.50. The molecule has 1 fully saturated rings. The summed E-state index contributed by atoms with van der Waals surface area (Å²) >= 11 is 6.14. The number of nitrogens with one attached hydrogen (secondary N) is 1. The first kappa shape index (κ1) is 17.8. The Hall–Kier alpha value is -2.59. The van der Waals surface area contributed by atoms with Crippen LogP contribution in [0.5, 0.6) is 0 Å². The maximum Gasteiger partial charge on any atom is 0.246 e. The fraction of sp³-hybridized carbons (Fsp3) is 0.273. The number of amides is 1. The molecule has 0 bridgehead atoms. The van der Waals surface area contributed by atoms with E-state index in [4.69, 9.17) is 16.6 Å². The van der Waals surface area contributed by atoms with E-state index in [9.17, 15) is 4.79 Å². The molecule has 1 N–H and O–H groups in total. The van der Waals surface area contributed by atoms with Gasteiger partial charge in [-0.1, -0.05) is 35.9 Å². The van der Waals surface area contributed by atoms with Gasteiger partial charge in [0.25, 0.3) is 0 Å². The van der Waals surface area contributed by atoms with Gasteiger partial charge < -0.3 is 9.88 Å². The molecule has 1 amide bonds. The fourth-order valence-electron chi connectivity index (χ4n) is 3.59. The molecule has 0 radical (unpaired) electrons. The van der Waals surface area contributed by atoms with E-state index in [-0.39, 0.29) is 5.91 Å². The molecule has 3 aromatic rings. The number of rotatable bonds is 3. The molecule has 1 aromatic heterocycles. The van der Waals surface area contributed by atoms with Gasteiger partial charge in [-0.2, -0.15) is 0 Å². The summed E-state index contributed by atoms with van der Waals surface area (Å²) in [7, 11) is 0. The number of benzene rings is 2. The minimum Gasteiger partial charge on any atom is -0.342 e. The van der Waals surface area contributed by atoms with Gasteiger partial charge >= 0.3 is 0 Å². The van der Waals surface area contributed by atoms with Crippen molar-refractivity contribution in [3.05, 3.63) is 70.5 Å². The number of aryl methyl sites for hydroxylation is 1. The summed E-state index contributed by atoms with van der Waals surface area (Å²) in [5, 5.41) is 0.653. The molecule has 0 aliphatic carbocycles. The van der Waals surface area contributed by atoms with Gasteiger partial charge in [0.15, 0.2) is 0 Å². The highest BCUT2D eigenvalue weighted by atomic mass is 35.5. The van der Waals surface area contributed by atoms with Gasteiger partial charge in [-0.05, 0) is 55.2 Å². The lowest BCUT2D eigenvalue weighted by Gasteiger charge is -2.30. The summed E-state index contributed by atoms with van der Waals surface area (Å²) in [6.45, 7) is 3.57. The Labute approximate surface area is 163 Å². The number of carbonyl (C=O) groups excluding carboxylic acids is 1. The SMILES string of the molecule is Cc1ccc2nc(C3CCN(C(=O)/C=C/c4ccccc4Cl)CC3)[nH]c2c1. The van der Waals surface area contributed by atoms with Crippen LogP contribution in [0.3, 0.4) is 0 Å². The van der Waals surface area contributed by atoms with Crippen LogP contribution < -0.4 is 0 Å². The lowest BCUT2D eigenvalue weighted by Crippen LogP contribution is -2.37. The third-order valence-electron chi connectivity index (χ3n) is 5.16. The number of nitrogens with zero attached hydrogens (tertiary/aromatic N) is 2. The average molecular weight is 380 g/mol. The van der Waals surface area contributed by atoms with Crippen molar-refractivity contribution < 1.29 is 4.79 Å². The van der Waals surface area contributed by atoms with Crippen molar-refractivity contribution in [3.8, 4) is 0 Å². The fourth-order valence-corrected chi connectivity index (χ4v) is 3.79. The van der Waals surface area contributed by atoms with Gasteiger partial charge in [0.05, 0.1) is 11.0 Å². The highest BCUT2D eigenvalue weighted by Gasteiger charge is 2.24. The van der Waals surface area contributed by atoms with E-state index in [1.165, 1.54) is 5.56 Å². The van der Waals surface area contributed by atoms with Crippen molar-refractivity contribution in [2.45, 2.75) is 25.7 Å². The second kappa shape index (κ2) is 7.57. The molecule has 0 unspecified atom stereocenters. The number of carbonyl (C=O) groups is 1. The number of aromatic nitrogens is 2. The highest BCUT2D eigenvalue weighted by molar-refractivity contribution is 6.32. The van der Waals surface area contributed by atoms with Gasteiger partial charge in [-0.15, -0.1) is 0 Å². The molecule has 1 aliphatic rings. The normalized spacial score (nSPS) is 15.7. The van der Waals surface area contributed by atoms with Gasteiger partial charge in [-0.25, -0.2) is 4.98 Å². The lowest BCUT2D eigenvalue weighted by atomic mass is 9.96. The number of H-pyrrole nitrogens is 1. The maximum absolute atomic E-state index is 12.5. The molecular formula is C22H22ClN3O. The predicted molar refractivity (Wildman–Crippen MR) is 110 cm³/mol. The Kier molecular flexibility index (Phi) is 4.99. The summed E-state index contributed by atoms with van der Waals surface area (Å²) in [6.07, 6.45) is 5.25. The summed E-state index contributed by atoms with van der Waals surface area (Å²) in [4.78, 5) is 22.6. The molecule has 4 rings (SSSR count). The summed E-state index contributed by atoms with van der Waals surface area (Å²) in [5.74, 6) is 1.44. The molecule has 0 atom stereocenters.